The predicted octanol–water partition coefficient (Wildman–Crippen LogP) is -1.44. The van der Waals surface area contributed by atoms with Gasteiger partial charge in [0.25, 0.3) is 0 Å². The molecule has 0 N–H and O–H groups in total. The molecule has 0 bridgehead atoms. The molecule has 0 saturated carbocycles. The smallest absolute Gasteiger partial charge is 0.293 e. The van der Waals surface area contributed by atoms with Gasteiger partial charge in [-0.25, -0.2) is 12.2 Å². The van der Waals surface area contributed by atoms with E-state index in [0.29, 0.717) is 0 Å². The van der Waals surface area contributed by atoms with Gasteiger partial charge >= 0.3 is 68.9 Å². The summed E-state index contributed by atoms with van der Waals surface area (Å²) in [6.07, 6.45) is 5.15. The second kappa shape index (κ2) is 9.73. The summed E-state index contributed by atoms with van der Waals surface area (Å²) in [6, 6.07) is 0. The van der Waals surface area contributed by atoms with Crippen molar-refractivity contribution in [3.05, 3.63) is 24.8 Å². The Morgan fingerprint density at radius 1 is 1.50 bits per heavy atom. The quantitative estimate of drug-likeness (QED) is 0.359. The fraction of sp³-hybridized carbons (Fsp3) is 0.200. The average Bonchev–Trinajstić information content (AvgIpc) is 1.41. The first-order valence-corrected chi connectivity index (χ1v) is 1.58. The minimum Gasteiger partial charge on any atom is -0.293 e. The van der Waals surface area contributed by atoms with Gasteiger partial charge in [0.15, 0.2) is 0 Å². The molecule has 0 nitrogen and oxygen atoms in total. The zero-order chi connectivity index (χ0) is 4.12. The van der Waals surface area contributed by atoms with Crippen LogP contribution in [0.5, 0.6) is 0 Å². The van der Waals surface area contributed by atoms with Crippen molar-refractivity contribution in [2.75, 3.05) is 0 Å². The maximum absolute atomic E-state index is 4.93. The van der Waals surface area contributed by atoms with Crippen molar-refractivity contribution in [1.82, 2.24) is 0 Å². The molecule has 28 valence electrons. The monoisotopic (exact) mass is 200 g/mol. The van der Waals surface area contributed by atoms with Crippen molar-refractivity contribution in [1.29, 1.82) is 0 Å². The van der Waals surface area contributed by atoms with Crippen LogP contribution in [0.2, 0.25) is 0 Å². The second-order valence-electron chi connectivity index (χ2n) is 0.718. The molecule has 0 aliphatic carbocycles. The van der Waals surface area contributed by atoms with Crippen LogP contribution in [0, 0.1) is 6.58 Å². The zero-order valence-corrected chi connectivity index (χ0v) is 10.6. The SMILES string of the molecule is [CH-]=CC=CC.[Cs+]. The van der Waals surface area contributed by atoms with Crippen molar-refractivity contribution in [2.45, 2.75) is 6.92 Å². The third-order valence-corrected chi connectivity index (χ3v) is 0.304. The van der Waals surface area contributed by atoms with Crippen molar-refractivity contribution in [3.8, 4) is 0 Å². The number of hydrogen-bond donors (Lipinski definition) is 0. The number of allylic oxidation sites excluding steroid dienone is 3. The molecule has 1 heteroatoms. The summed E-state index contributed by atoms with van der Waals surface area (Å²) in [5.74, 6) is 0. The van der Waals surface area contributed by atoms with Crippen molar-refractivity contribution < 1.29 is 68.9 Å². The maximum Gasteiger partial charge on any atom is 1.00 e. The Morgan fingerprint density at radius 3 is 2.00 bits per heavy atom. The minimum atomic E-state index is 0. The molecule has 0 fully saturated rings. The van der Waals surface area contributed by atoms with Crippen molar-refractivity contribution >= 4 is 0 Å². The Hall–Kier alpha value is 1.53. The number of hydrogen-bond acceptors (Lipinski definition) is 0. The van der Waals surface area contributed by atoms with Gasteiger partial charge < -0.3 is 0 Å². The molecule has 0 aromatic rings. The molecule has 0 saturated heterocycles. The van der Waals surface area contributed by atoms with E-state index < -0.39 is 0 Å². The standard InChI is InChI=1S/C5H7.Cs/c1-3-5-4-2;/h1,3-5H,2H3;/q-1;+1. The van der Waals surface area contributed by atoms with E-state index in [1.807, 2.05) is 13.0 Å². The molecule has 6 heavy (non-hydrogen) atoms. The Labute approximate surface area is 98.1 Å². The second-order valence-corrected chi connectivity index (χ2v) is 0.718. The fourth-order valence-corrected chi connectivity index (χ4v) is 0.111. The summed E-state index contributed by atoms with van der Waals surface area (Å²) in [6.45, 7) is 6.85. The normalized spacial score (nSPS) is 7.50. The van der Waals surface area contributed by atoms with Gasteiger partial charge in [-0.15, -0.1) is 0 Å². The number of rotatable bonds is 1. The van der Waals surface area contributed by atoms with Crippen molar-refractivity contribution in [2.24, 2.45) is 0 Å². The van der Waals surface area contributed by atoms with E-state index in [1.165, 1.54) is 6.08 Å². The fourth-order valence-electron chi connectivity index (χ4n) is 0.111. The van der Waals surface area contributed by atoms with Gasteiger partial charge in [0.2, 0.25) is 0 Å². The topological polar surface area (TPSA) is 0 Å². The third-order valence-electron chi connectivity index (χ3n) is 0.304. The third kappa shape index (κ3) is 9.11. The van der Waals surface area contributed by atoms with Crippen LogP contribution in [0.3, 0.4) is 0 Å². The van der Waals surface area contributed by atoms with Crippen LogP contribution in [0.4, 0.5) is 0 Å². The Balaban J connectivity index is 0. The first kappa shape index (κ1) is 10.5. The summed E-state index contributed by atoms with van der Waals surface area (Å²) < 4.78 is 0. The Bertz CT molecular complexity index is 45.9. The maximum atomic E-state index is 4.93. The van der Waals surface area contributed by atoms with Gasteiger partial charge in [0, 0.05) is 0 Å². The molecular weight excluding hydrogens is 193 g/mol. The molecule has 0 unspecified atom stereocenters. The van der Waals surface area contributed by atoms with Gasteiger partial charge in [0.05, 0.1) is 0 Å². The van der Waals surface area contributed by atoms with E-state index in [0.717, 1.165) is 0 Å². The van der Waals surface area contributed by atoms with Crippen molar-refractivity contribution in [3.63, 3.8) is 0 Å². The molecular formula is C5H7Cs. The minimum absolute atomic E-state index is 0. The first-order valence-electron chi connectivity index (χ1n) is 1.58. The Kier molecular flexibility index (Phi) is 17.0. The van der Waals surface area contributed by atoms with Gasteiger partial charge in [-0.3, -0.25) is 6.58 Å². The van der Waals surface area contributed by atoms with Crippen LogP contribution in [0.15, 0.2) is 18.2 Å². The Morgan fingerprint density at radius 2 is 2.00 bits per heavy atom. The van der Waals surface area contributed by atoms with Crippen LogP contribution >= 0.6 is 0 Å². The predicted molar refractivity (Wildman–Crippen MR) is 23.7 cm³/mol. The van der Waals surface area contributed by atoms with E-state index in [4.69, 9.17) is 6.58 Å². The molecule has 0 heterocycles. The largest absolute Gasteiger partial charge is 1.00 e. The molecule has 0 atom stereocenters. The van der Waals surface area contributed by atoms with Crippen LogP contribution in [0.1, 0.15) is 6.92 Å². The molecule has 0 aromatic heterocycles. The summed E-state index contributed by atoms with van der Waals surface area (Å²) >= 11 is 0. The van der Waals surface area contributed by atoms with Crippen LogP contribution in [-0.4, -0.2) is 0 Å². The average molecular weight is 200 g/mol. The summed E-state index contributed by atoms with van der Waals surface area (Å²) in [5.41, 5.74) is 0. The molecule has 0 radical (unpaired) electrons. The first-order chi connectivity index (χ1) is 2.41. The molecule has 0 spiro atoms. The van der Waals surface area contributed by atoms with Crippen LogP contribution < -0.4 is 68.9 Å². The van der Waals surface area contributed by atoms with Gasteiger partial charge in [-0.05, 0) is 0 Å². The van der Waals surface area contributed by atoms with Gasteiger partial charge in [-0.2, -0.15) is 6.08 Å². The van der Waals surface area contributed by atoms with Crippen LogP contribution in [0.25, 0.3) is 0 Å². The summed E-state index contributed by atoms with van der Waals surface area (Å²) in [4.78, 5) is 0. The van der Waals surface area contributed by atoms with E-state index in [1.54, 1.807) is 6.08 Å². The zero-order valence-electron chi connectivity index (χ0n) is 4.31. The van der Waals surface area contributed by atoms with E-state index >= 15 is 0 Å². The summed E-state index contributed by atoms with van der Waals surface area (Å²) in [5, 5.41) is 0. The molecule has 0 aliphatic rings. The summed E-state index contributed by atoms with van der Waals surface area (Å²) in [7, 11) is 0. The van der Waals surface area contributed by atoms with E-state index in [2.05, 4.69) is 0 Å². The van der Waals surface area contributed by atoms with Gasteiger partial charge in [-0.1, -0.05) is 6.92 Å². The van der Waals surface area contributed by atoms with Crippen LogP contribution in [-0.2, 0) is 0 Å². The molecule has 0 amide bonds. The molecule has 0 aliphatic heterocycles. The van der Waals surface area contributed by atoms with E-state index in [-0.39, 0.29) is 68.9 Å². The van der Waals surface area contributed by atoms with Gasteiger partial charge in [0.1, 0.15) is 0 Å². The molecule has 0 aromatic carbocycles. The molecule has 0 rings (SSSR count). The van der Waals surface area contributed by atoms with E-state index in [9.17, 15) is 0 Å².